The molecule has 3 nitrogen and oxygen atoms in total. The van der Waals surface area contributed by atoms with Crippen molar-refractivity contribution >= 4 is 17.4 Å². The lowest BCUT2D eigenvalue weighted by molar-refractivity contribution is -0.137. The van der Waals surface area contributed by atoms with Crippen molar-refractivity contribution in [1.29, 1.82) is 0 Å². The first-order valence-electron chi connectivity index (χ1n) is 8.09. The van der Waals surface area contributed by atoms with Gasteiger partial charge in [-0.15, -0.1) is 0 Å². The Bertz CT molecular complexity index is 807. The number of fused-ring (bicyclic) bond motifs is 2. The zero-order valence-electron chi connectivity index (χ0n) is 13.3. The van der Waals surface area contributed by atoms with Crippen LogP contribution in [0.2, 0.25) is 5.02 Å². The fraction of sp³-hybridized carbons (Fsp3) is 0.389. The molecule has 2 aliphatic rings. The second kappa shape index (κ2) is 5.88. The lowest BCUT2D eigenvalue weighted by Gasteiger charge is -2.42. The summed E-state index contributed by atoms with van der Waals surface area (Å²) in [5, 5.41) is 0.0122. The number of rotatable bonds is 1. The van der Waals surface area contributed by atoms with Gasteiger partial charge in [-0.05, 0) is 30.0 Å². The van der Waals surface area contributed by atoms with Crippen LogP contribution in [-0.2, 0) is 22.9 Å². The van der Waals surface area contributed by atoms with Gasteiger partial charge >= 0.3 is 6.18 Å². The number of alkyl halides is 3. The van der Waals surface area contributed by atoms with Crippen molar-refractivity contribution in [3.63, 3.8) is 0 Å². The van der Waals surface area contributed by atoms with Gasteiger partial charge in [0.1, 0.15) is 11.4 Å². The first-order valence-corrected chi connectivity index (χ1v) is 8.47. The first kappa shape index (κ1) is 16.7. The van der Waals surface area contributed by atoms with Gasteiger partial charge in [0.05, 0.1) is 23.7 Å². The van der Waals surface area contributed by atoms with Crippen LogP contribution in [0.5, 0.6) is 0 Å². The minimum Gasteiger partial charge on any atom is -0.367 e. The van der Waals surface area contributed by atoms with E-state index < -0.39 is 17.3 Å². The maximum atomic E-state index is 12.8. The molecule has 1 spiro atoms. The number of halogens is 4. The predicted molar refractivity (Wildman–Crippen MR) is 88.9 cm³/mol. The Balaban J connectivity index is 1.65. The number of pyridine rings is 1. The molecule has 1 aromatic carbocycles. The molecule has 2 heterocycles. The van der Waals surface area contributed by atoms with E-state index in [0.717, 1.165) is 30.7 Å². The molecule has 132 valence electrons. The van der Waals surface area contributed by atoms with Gasteiger partial charge in [-0.25, -0.2) is 4.98 Å². The molecule has 1 unspecified atom stereocenters. The van der Waals surface area contributed by atoms with E-state index in [-0.39, 0.29) is 5.02 Å². The van der Waals surface area contributed by atoms with Crippen molar-refractivity contribution in [3.05, 3.63) is 58.2 Å². The Kier molecular flexibility index (Phi) is 3.92. The predicted octanol–water partition coefficient (Wildman–Crippen LogP) is 4.43. The summed E-state index contributed by atoms with van der Waals surface area (Å²) in [6.45, 7) is 1.55. The van der Waals surface area contributed by atoms with E-state index in [0.29, 0.717) is 25.5 Å². The molecule has 7 heteroatoms. The maximum Gasteiger partial charge on any atom is 0.417 e. The lowest BCUT2D eigenvalue weighted by Crippen LogP contribution is -2.49. The highest BCUT2D eigenvalue weighted by molar-refractivity contribution is 6.33. The van der Waals surface area contributed by atoms with Crippen molar-refractivity contribution in [2.24, 2.45) is 0 Å². The largest absolute Gasteiger partial charge is 0.417 e. The molecule has 1 aliphatic heterocycles. The van der Waals surface area contributed by atoms with Crippen LogP contribution in [-0.4, -0.2) is 24.7 Å². The second-order valence-corrected chi connectivity index (χ2v) is 6.86. The van der Waals surface area contributed by atoms with E-state index in [1.165, 1.54) is 5.56 Å². The van der Waals surface area contributed by atoms with E-state index in [1.807, 2.05) is 17.0 Å². The molecule has 0 amide bonds. The van der Waals surface area contributed by atoms with E-state index >= 15 is 0 Å². The number of benzene rings is 1. The van der Waals surface area contributed by atoms with E-state index in [2.05, 4.69) is 17.1 Å². The SMILES string of the molecule is FC(F)(F)c1cnc(N2CCOC3(CCc4ccccc43)C2)c(Cl)c1. The summed E-state index contributed by atoms with van der Waals surface area (Å²) in [5.41, 5.74) is 1.14. The van der Waals surface area contributed by atoms with Gasteiger partial charge in [0.25, 0.3) is 0 Å². The van der Waals surface area contributed by atoms with Crippen LogP contribution >= 0.6 is 11.6 Å². The average molecular weight is 369 g/mol. The van der Waals surface area contributed by atoms with Gasteiger partial charge < -0.3 is 9.64 Å². The summed E-state index contributed by atoms with van der Waals surface area (Å²) in [7, 11) is 0. The lowest BCUT2D eigenvalue weighted by atomic mass is 9.93. The third-order valence-electron chi connectivity index (χ3n) is 4.94. The van der Waals surface area contributed by atoms with Crippen molar-refractivity contribution in [1.82, 2.24) is 4.98 Å². The molecule has 0 saturated carbocycles. The third kappa shape index (κ3) is 2.87. The quantitative estimate of drug-likeness (QED) is 0.744. The second-order valence-electron chi connectivity index (χ2n) is 6.45. The van der Waals surface area contributed by atoms with Crippen LogP contribution < -0.4 is 4.90 Å². The number of aromatic nitrogens is 1. The van der Waals surface area contributed by atoms with E-state index in [4.69, 9.17) is 16.3 Å². The molecule has 1 fully saturated rings. The molecule has 1 aromatic heterocycles. The minimum atomic E-state index is -4.45. The van der Waals surface area contributed by atoms with Gasteiger partial charge in [-0.3, -0.25) is 0 Å². The van der Waals surface area contributed by atoms with E-state index in [9.17, 15) is 13.2 Å². The fourth-order valence-electron chi connectivity index (χ4n) is 3.75. The molecule has 1 saturated heterocycles. The van der Waals surface area contributed by atoms with Crippen LogP contribution in [0.1, 0.15) is 23.1 Å². The van der Waals surface area contributed by atoms with Gasteiger partial charge in [-0.1, -0.05) is 35.9 Å². The number of hydrogen-bond donors (Lipinski definition) is 0. The van der Waals surface area contributed by atoms with Crippen molar-refractivity contribution in [2.75, 3.05) is 24.6 Å². The maximum absolute atomic E-state index is 12.8. The Labute approximate surface area is 148 Å². The molecule has 4 rings (SSSR count). The summed E-state index contributed by atoms with van der Waals surface area (Å²) in [6.07, 6.45) is -1.84. The number of hydrogen-bond acceptors (Lipinski definition) is 3. The molecule has 1 aliphatic carbocycles. The highest BCUT2D eigenvalue weighted by Crippen LogP contribution is 2.43. The molecule has 0 bridgehead atoms. The summed E-state index contributed by atoms with van der Waals surface area (Å²) in [5.74, 6) is 0.377. The van der Waals surface area contributed by atoms with Crippen molar-refractivity contribution < 1.29 is 17.9 Å². The average Bonchev–Trinajstić information content (AvgIpc) is 2.93. The van der Waals surface area contributed by atoms with Crippen LogP contribution in [0.25, 0.3) is 0 Å². The van der Waals surface area contributed by atoms with Crippen LogP contribution in [0, 0.1) is 0 Å². The van der Waals surface area contributed by atoms with Gasteiger partial charge in [-0.2, -0.15) is 13.2 Å². The number of nitrogens with zero attached hydrogens (tertiary/aromatic N) is 2. The van der Waals surface area contributed by atoms with Crippen molar-refractivity contribution in [2.45, 2.75) is 24.6 Å². The zero-order chi connectivity index (χ0) is 17.7. The fourth-order valence-corrected chi connectivity index (χ4v) is 4.04. The molecule has 2 aromatic rings. The molecule has 1 atom stereocenters. The molecule has 0 N–H and O–H groups in total. The normalized spacial score (nSPS) is 23.1. The van der Waals surface area contributed by atoms with Crippen molar-refractivity contribution in [3.8, 4) is 0 Å². The molecule has 25 heavy (non-hydrogen) atoms. The Hall–Kier alpha value is -1.79. The Morgan fingerprint density at radius 2 is 2.04 bits per heavy atom. The standard InChI is InChI=1S/C18H16ClF3N2O/c19-15-9-13(18(20,21)22)10-23-16(15)24-7-8-25-17(11-24)6-5-12-3-1-2-4-14(12)17/h1-4,9-10H,5-8,11H2. The van der Waals surface area contributed by atoms with Crippen LogP contribution in [0.4, 0.5) is 19.0 Å². The van der Waals surface area contributed by atoms with Gasteiger partial charge in [0.2, 0.25) is 0 Å². The molecule has 0 radical (unpaired) electrons. The third-order valence-corrected chi connectivity index (χ3v) is 5.22. The van der Waals surface area contributed by atoms with Gasteiger partial charge in [0.15, 0.2) is 0 Å². The highest BCUT2D eigenvalue weighted by atomic mass is 35.5. The molecular weight excluding hydrogens is 353 g/mol. The van der Waals surface area contributed by atoms with Crippen LogP contribution in [0.3, 0.4) is 0 Å². The van der Waals surface area contributed by atoms with Crippen LogP contribution in [0.15, 0.2) is 36.5 Å². The van der Waals surface area contributed by atoms with Gasteiger partial charge in [0, 0.05) is 12.7 Å². The number of ether oxygens (including phenoxy) is 1. The Morgan fingerprint density at radius 3 is 2.80 bits per heavy atom. The number of aryl methyl sites for hydroxylation is 1. The Morgan fingerprint density at radius 1 is 1.24 bits per heavy atom. The first-order chi connectivity index (χ1) is 11.9. The minimum absolute atomic E-state index is 0.0122. The number of anilines is 1. The topological polar surface area (TPSA) is 25.4 Å². The summed E-state index contributed by atoms with van der Waals surface area (Å²) < 4.78 is 44.6. The summed E-state index contributed by atoms with van der Waals surface area (Å²) >= 11 is 6.12. The molecular formula is C18H16ClF3N2O. The number of morpholine rings is 1. The van der Waals surface area contributed by atoms with E-state index in [1.54, 1.807) is 0 Å². The summed E-state index contributed by atoms with van der Waals surface area (Å²) in [4.78, 5) is 5.92. The zero-order valence-corrected chi connectivity index (χ0v) is 14.1. The monoisotopic (exact) mass is 368 g/mol. The smallest absolute Gasteiger partial charge is 0.367 e. The summed E-state index contributed by atoms with van der Waals surface area (Å²) in [6, 6.07) is 9.09. The highest BCUT2D eigenvalue weighted by Gasteiger charge is 2.44.